The van der Waals surface area contributed by atoms with Crippen molar-refractivity contribution in [2.45, 2.75) is 6.54 Å². The normalized spacial score (nSPS) is 10.8. The van der Waals surface area contributed by atoms with Crippen LogP contribution in [0.1, 0.15) is 0 Å². The Bertz CT molecular complexity index is 424. The summed E-state index contributed by atoms with van der Waals surface area (Å²) in [5.41, 5.74) is 6.72. The van der Waals surface area contributed by atoms with E-state index in [0.29, 0.717) is 12.2 Å². The molecule has 0 fully saturated rings. The smallest absolute Gasteiger partial charge is 0.222 e. The molecule has 0 radical (unpaired) electrons. The van der Waals surface area contributed by atoms with Gasteiger partial charge in [-0.05, 0) is 0 Å². The minimum Gasteiger partial charge on any atom is -0.395 e. The number of rotatable bonds is 2. The van der Waals surface area contributed by atoms with Gasteiger partial charge in [0.05, 0.1) is 19.1 Å². The molecule has 0 aromatic carbocycles. The van der Waals surface area contributed by atoms with E-state index < -0.39 is 0 Å². The molecule has 2 aromatic heterocycles. The van der Waals surface area contributed by atoms with Crippen molar-refractivity contribution in [3.63, 3.8) is 0 Å². The third-order valence-electron chi connectivity index (χ3n) is 1.74. The summed E-state index contributed by atoms with van der Waals surface area (Å²) in [4.78, 5) is 11.8. The minimum atomic E-state index is 0.0653. The molecule has 0 atom stereocenters. The van der Waals surface area contributed by atoms with Crippen LogP contribution < -0.4 is 5.73 Å². The molecule has 6 heteroatoms. The number of aliphatic hydroxyl groups excluding tert-OH is 1. The molecule has 0 unspecified atom stereocenters. The lowest BCUT2D eigenvalue weighted by Gasteiger charge is -1.98. The number of imidazole rings is 1. The van der Waals surface area contributed by atoms with Gasteiger partial charge in [0.1, 0.15) is 5.52 Å². The van der Waals surface area contributed by atoms with Crippen molar-refractivity contribution >= 4 is 17.1 Å². The molecule has 2 heterocycles. The maximum Gasteiger partial charge on any atom is 0.222 e. The summed E-state index contributed by atoms with van der Waals surface area (Å²) in [6.45, 7) is 0.555. The average Bonchev–Trinajstić information content (AvgIpc) is 2.49. The van der Waals surface area contributed by atoms with E-state index >= 15 is 0 Å². The minimum absolute atomic E-state index is 0.0653. The van der Waals surface area contributed by atoms with Gasteiger partial charge >= 0.3 is 0 Å². The van der Waals surface area contributed by atoms with E-state index in [2.05, 4.69) is 15.0 Å². The highest BCUT2D eigenvalue weighted by molar-refractivity contribution is 5.70. The molecular weight excluding hydrogens is 170 g/mol. The van der Waals surface area contributed by atoms with Crippen LogP contribution in [0.25, 0.3) is 11.2 Å². The Morgan fingerprint density at radius 2 is 2.31 bits per heavy atom. The van der Waals surface area contributed by atoms with Gasteiger partial charge in [-0.1, -0.05) is 0 Å². The molecule has 6 nitrogen and oxygen atoms in total. The Labute approximate surface area is 74.1 Å². The Kier molecular flexibility index (Phi) is 1.82. The first-order valence-electron chi connectivity index (χ1n) is 3.85. The number of aromatic nitrogens is 4. The summed E-state index contributed by atoms with van der Waals surface area (Å²) < 4.78 is 1.77. The lowest BCUT2D eigenvalue weighted by atomic mass is 10.5. The van der Waals surface area contributed by atoms with Crippen LogP contribution in [0.5, 0.6) is 0 Å². The molecule has 13 heavy (non-hydrogen) atoms. The van der Waals surface area contributed by atoms with Crippen LogP contribution in [-0.4, -0.2) is 31.2 Å². The fourth-order valence-electron chi connectivity index (χ4n) is 1.15. The van der Waals surface area contributed by atoms with Gasteiger partial charge in [0, 0.05) is 6.54 Å². The number of nitrogen functional groups attached to an aromatic ring is 1. The van der Waals surface area contributed by atoms with E-state index in [1.807, 2.05) is 0 Å². The van der Waals surface area contributed by atoms with Crippen LogP contribution in [0.15, 0.2) is 12.5 Å². The maximum atomic E-state index is 8.74. The molecule has 0 saturated heterocycles. The van der Waals surface area contributed by atoms with Crippen molar-refractivity contribution in [2.75, 3.05) is 12.3 Å². The molecule has 0 spiro atoms. The molecule has 2 rings (SSSR count). The Morgan fingerprint density at radius 1 is 1.46 bits per heavy atom. The number of aliphatic hydroxyl groups is 1. The molecule has 68 valence electrons. The highest BCUT2D eigenvalue weighted by Gasteiger charge is 2.03. The van der Waals surface area contributed by atoms with Crippen molar-refractivity contribution < 1.29 is 5.11 Å². The third-order valence-corrected chi connectivity index (χ3v) is 1.74. The van der Waals surface area contributed by atoms with Crippen LogP contribution in [0.2, 0.25) is 0 Å². The monoisotopic (exact) mass is 179 g/mol. The van der Waals surface area contributed by atoms with Crippen LogP contribution >= 0.6 is 0 Å². The molecule has 0 aliphatic carbocycles. The van der Waals surface area contributed by atoms with E-state index in [-0.39, 0.29) is 12.6 Å². The van der Waals surface area contributed by atoms with Crippen molar-refractivity contribution in [1.82, 2.24) is 19.5 Å². The lowest BCUT2D eigenvalue weighted by Crippen LogP contribution is -2.01. The predicted octanol–water partition coefficient (Wildman–Crippen LogP) is -0.599. The molecule has 0 bridgehead atoms. The van der Waals surface area contributed by atoms with Gasteiger partial charge in [0.15, 0.2) is 5.65 Å². The molecule has 0 saturated carbocycles. The fourth-order valence-corrected chi connectivity index (χ4v) is 1.15. The van der Waals surface area contributed by atoms with Gasteiger partial charge in [-0.15, -0.1) is 0 Å². The van der Waals surface area contributed by atoms with Crippen molar-refractivity contribution in [3.05, 3.63) is 12.5 Å². The second-order valence-corrected chi connectivity index (χ2v) is 2.60. The van der Waals surface area contributed by atoms with Crippen LogP contribution in [-0.2, 0) is 6.54 Å². The second kappa shape index (κ2) is 2.98. The zero-order valence-electron chi connectivity index (χ0n) is 6.88. The van der Waals surface area contributed by atoms with Crippen LogP contribution in [0.4, 0.5) is 5.95 Å². The van der Waals surface area contributed by atoms with Gasteiger partial charge in [-0.25, -0.2) is 9.97 Å². The Hall–Kier alpha value is -1.69. The van der Waals surface area contributed by atoms with E-state index in [4.69, 9.17) is 10.8 Å². The third kappa shape index (κ3) is 1.31. The molecule has 0 aliphatic heterocycles. The summed E-state index contributed by atoms with van der Waals surface area (Å²) in [5.74, 6) is 0.210. The van der Waals surface area contributed by atoms with Crippen LogP contribution in [0.3, 0.4) is 0 Å². The summed E-state index contributed by atoms with van der Waals surface area (Å²) in [5, 5.41) is 8.74. The van der Waals surface area contributed by atoms with E-state index in [1.165, 1.54) is 0 Å². The summed E-state index contributed by atoms with van der Waals surface area (Å²) >= 11 is 0. The van der Waals surface area contributed by atoms with Crippen molar-refractivity contribution in [3.8, 4) is 0 Å². The summed E-state index contributed by atoms with van der Waals surface area (Å²) in [6.07, 6.45) is 3.20. The first kappa shape index (κ1) is 7.93. The van der Waals surface area contributed by atoms with Crippen molar-refractivity contribution in [2.24, 2.45) is 0 Å². The highest BCUT2D eigenvalue weighted by atomic mass is 16.3. The van der Waals surface area contributed by atoms with E-state index in [0.717, 1.165) is 5.52 Å². The number of anilines is 1. The fraction of sp³-hybridized carbons (Fsp3) is 0.286. The Morgan fingerprint density at radius 3 is 3.08 bits per heavy atom. The second-order valence-electron chi connectivity index (χ2n) is 2.60. The average molecular weight is 179 g/mol. The first-order valence-corrected chi connectivity index (χ1v) is 3.85. The predicted molar refractivity (Wildman–Crippen MR) is 46.8 cm³/mol. The van der Waals surface area contributed by atoms with Gasteiger partial charge < -0.3 is 15.4 Å². The summed E-state index contributed by atoms with van der Waals surface area (Å²) in [7, 11) is 0. The number of nitrogens with zero attached hydrogens (tertiary/aromatic N) is 4. The van der Waals surface area contributed by atoms with E-state index in [1.54, 1.807) is 17.1 Å². The number of hydrogen-bond acceptors (Lipinski definition) is 5. The number of hydrogen-bond donors (Lipinski definition) is 2. The highest BCUT2D eigenvalue weighted by Crippen LogP contribution is 2.09. The molecule has 0 aliphatic rings. The van der Waals surface area contributed by atoms with Gasteiger partial charge in [0.2, 0.25) is 5.95 Å². The SMILES string of the molecule is Nc1ncc2c(ncn2CCO)n1. The zero-order chi connectivity index (χ0) is 9.26. The topological polar surface area (TPSA) is 89.8 Å². The lowest BCUT2D eigenvalue weighted by molar-refractivity contribution is 0.278. The van der Waals surface area contributed by atoms with E-state index in [9.17, 15) is 0 Å². The van der Waals surface area contributed by atoms with Gasteiger partial charge in [0.25, 0.3) is 0 Å². The number of fused-ring (bicyclic) bond motifs is 1. The van der Waals surface area contributed by atoms with Gasteiger partial charge in [-0.2, -0.15) is 4.98 Å². The largest absolute Gasteiger partial charge is 0.395 e. The van der Waals surface area contributed by atoms with Gasteiger partial charge in [-0.3, -0.25) is 0 Å². The maximum absolute atomic E-state index is 8.74. The quantitative estimate of drug-likeness (QED) is 0.642. The molecule has 3 N–H and O–H groups in total. The Balaban J connectivity index is 2.55. The molecule has 2 aromatic rings. The molecular formula is C7H9N5O. The number of nitrogens with two attached hydrogens (primary N) is 1. The summed E-state index contributed by atoms with van der Waals surface area (Å²) in [6, 6.07) is 0. The van der Waals surface area contributed by atoms with Crippen LogP contribution in [0, 0.1) is 0 Å². The van der Waals surface area contributed by atoms with Crippen molar-refractivity contribution in [1.29, 1.82) is 0 Å². The zero-order valence-corrected chi connectivity index (χ0v) is 6.88. The first-order chi connectivity index (χ1) is 6.31. The molecule has 0 amide bonds. The standard InChI is InChI=1S/C7H9N5O/c8-7-9-3-5-6(11-7)10-4-12(5)1-2-13/h3-4,13H,1-2H2,(H2,8,9,11).